The van der Waals surface area contributed by atoms with Gasteiger partial charge in [0.25, 0.3) is 0 Å². The van der Waals surface area contributed by atoms with Crippen molar-refractivity contribution in [2.45, 2.75) is 12.8 Å². The van der Waals surface area contributed by atoms with Crippen LogP contribution < -0.4 is 0 Å². The van der Waals surface area contributed by atoms with Crippen LogP contribution >= 0.6 is 0 Å². The zero-order valence-corrected chi connectivity index (χ0v) is 8.06. The number of carbonyl (C=O) groups excluding carboxylic acids is 2. The highest BCUT2D eigenvalue weighted by molar-refractivity contribution is 6.21. The predicted octanol–water partition coefficient (Wildman–Crippen LogP) is -0.359. The van der Waals surface area contributed by atoms with Gasteiger partial charge in [0.15, 0.2) is 11.5 Å². The van der Waals surface area contributed by atoms with E-state index in [9.17, 15) is 14.7 Å². The summed E-state index contributed by atoms with van der Waals surface area (Å²) in [5.74, 6) is -1.73. The molecule has 0 atom stereocenters. The van der Waals surface area contributed by atoms with Gasteiger partial charge in [-0.1, -0.05) is 0 Å². The third kappa shape index (κ3) is 2.31. The van der Waals surface area contributed by atoms with Crippen LogP contribution in [-0.2, 0) is 9.59 Å². The number of rotatable bonds is 4. The summed E-state index contributed by atoms with van der Waals surface area (Å²) < 4.78 is 0. The van der Waals surface area contributed by atoms with Crippen LogP contribution in [0.25, 0.3) is 0 Å². The van der Waals surface area contributed by atoms with E-state index in [-0.39, 0.29) is 37.2 Å². The Kier molecular flexibility index (Phi) is 3.76. The summed E-state index contributed by atoms with van der Waals surface area (Å²) in [6, 6.07) is 0. The second-order valence-corrected chi connectivity index (χ2v) is 3.14. The molecule has 0 aromatic heterocycles. The van der Waals surface area contributed by atoms with Crippen molar-refractivity contribution in [3.05, 3.63) is 23.0 Å². The zero-order chi connectivity index (χ0) is 11.4. The summed E-state index contributed by atoms with van der Waals surface area (Å²) in [4.78, 5) is 22.8. The average molecular weight is 212 g/mol. The van der Waals surface area contributed by atoms with Crippen LogP contribution in [-0.4, -0.2) is 40.1 Å². The molecule has 0 saturated heterocycles. The molecular formula is C10H12O5. The van der Waals surface area contributed by atoms with Crippen molar-refractivity contribution in [1.29, 1.82) is 0 Å². The van der Waals surface area contributed by atoms with Gasteiger partial charge in [-0.25, -0.2) is 0 Å². The summed E-state index contributed by atoms with van der Waals surface area (Å²) in [5.41, 5.74) is 0.0946. The summed E-state index contributed by atoms with van der Waals surface area (Å²) in [6.45, 7) is -0.553. The van der Waals surface area contributed by atoms with Crippen molar-refractivity contribution in [1.82, 2.24) is 0 Å². The van der Waals surface area contributed by atoms with Gasteiger partial charge in [0.2, 0.25) is 5.78 Å². The number of hydrogen-bond donors (Lipinski definition) is 3. The molecule has 3 N–H and O–H groups in total. The normalized spacial score (nSPS) is 17.1. The van der Waals surface area contributed by atoms with Crippen LogP contribution in [0, 0.1) is 0 Å². The van der Waals surface area contributed by atoms with Gasteiger partial charge in [0.05, 0.1) is 0 Å². The molecule has 0 aromatic carbocycles. The Morgan fingerprint density at radius 2 is 1.67 bits per heavy atom. The molecule has 15 heavy (non-hydrogen) atoms. The average Bonchev–Trinajstić information content (AvgIpc) is 2.21. The summed E-state index contributed by atoms with van der Waals surface area (Å²) in [5, 5.41) is 26.7. The third-order valence-electron chi connectivity index (χ3n) is 2.13. The van der Waals surface area contributed by atoms with Crippen molar-refractivity contribution in [3.8, 4) is 0 Å². The second kappa shape index (κ2) is 4.86. The van der Waals surface area contributed by atoms with Gasteiger partial charge in [0.1, 0.15) is 0 Å². The summed E-state index contributed by atoms with van der Waals surface area (Å²) >= 11 is 0. The molecule has 0 radical (unpaired) electrons. The molecule has 0 aliphatic heterocycles. The smallest absolute Gasteiger partial charge is 0.220 e. The number of hydrogen-bond acceptors (Lipinski definition) is 5. The predicted molar refractivity (Wildman–Crippen MR) is 51.2 cm³/mol. The van der Waals surface area contributed by atoms with E-state index in [0.29, 0.717) is 0 Å². The highest BCUT2D eigenvalue weighted by Gasteiger charge is 2.27. The SMILES string of the molecule is O=C1C=C(CCO)C(=O)C(CCO)=C1O. The summed E-state index contributed by atoms with van der Waals surface area (Å²) in [7, 11) is 0. The van der Waals surface area contributed by atoms with Crippen LogP contribution in [0.3, 0.4) is 0 Å². The number of aliphatic hydroxyl groups is 3. The van der Waals surface area contributed by atoms with E-state index < -0.39 is 17.3 Å². The second-order valence-electron chi connectivity index (χ2n) is 3.14. The number of carbonyl (C=O) groups is 2. The van der Waals surface area contributed by atoms with Gasteiger partial charge < -0.3 is 15.3 Å². The first-order valence-corrected chi connectivity index (χ1v) is 4.55. The van der Waals surface area contributed by atoms with Crippen LogP contribution in [0.5, 0.6) is 0 Å². The van der Waals surface area contributed by atoms with Crippen LogP contribution in [0.4, 0.5) is 0 Å². The molecule has 1 aliphatic rings. The maximum atomic E-state index is 11.6. The Hall–Kier alpha value is -1.46. The Morgan fingerprint density at radius 1 is 1.07 bits per heavy atom. The van der Waals surface area contributed by atoms with E-state index in [4.69, 9.17) is 10.2 Å². The van der Waals surface area contributed by atoms with E-state index in [2.05, 4.69) is 0 Å². The first-order valence-electron chi connectivity index (χ1n) is 4.55. The van der Waals surface area contributed by atoms with Gasteiger partial charge >= 0.3 is 0 Å². The fraction of sp³-hybridized carbons (Fsp3) is 0.400. The van der Waals surface area contributed by atoms with Crippen LogP contribution in [0.15, 0.2) is 23.0 Å². The fourth-order valence-electron chi connectivity index (χ4n) is 1.39. The minimum absolute atomic E-state index is 0.0564. The fourth-order valence-corrected chi connectivity index (χ4v) is 1.39. The Labute approximate surface area is 86.3 Å². The monoisotopic (exact) mass is 212 g/mol. The molecule has 1 aliphatic carbocycles. The van der Waals surface area contributed by atoms with Crippen molar-refractivity contribution < 1.29 is 24.9 Å². The molecule has 0 saturated carbocycles. The molecule has 1 rings (SSSR count). The molecule has 0 bridgehead atoms. The first kappa shape index (κ1) is 11.6. The molecule has 0 unspecified atom stereocenters. The minimum atomic E-state index is -0.651. The highest BCUT2D eigenvalue weighted by atomic mass is 16.3. The van der Waals surface area contributed by atoms with Crippen molar-refractivity contribution in [2.75, 3.05) is 13.2 Å². The van der Waals surface area contributed by atoms with Gasteiger partial charge in [-0.15, -0.1) is 0 Å². The lowest BCUT2D eigenvalue weighted by Gasteiger charge is -2.14. The van der Waals surface area contributed by atoms with Crippen molar-refractivity contribution in [2.24, 2.45) is 0 Å². The number of aliphatic hydroxyl groups excluding tert-OH is 3. The maximum absolute atomic E-state index is 11.6. The molecular weight excluding hydrogens is 200 g/mol. The van der Waals surface area contributed by atoms with Crippen molar-refractivity contribution >= 4 is 11.6 Å². The lowest BCUT2D eigenvalue weighted by Crippen LogP contribution is -2.20. The van der Waals surface area contributed by atoms with Gasteiger partial charge in [-0.3, -0.25) is 9.59 Å². The molecule has 0 aromatic rings. The Morgan fingerprint density at radius 3 is 2.20 bits per heavy atom. The molecule has 0 heterocycles. The number of ketones is 2. The molecule has 5 nitrogen and oxygen atoms in total. The van der Waals surface area contributed by atoms with E-state index in [1.807, 2.05) is 0 Å². The third-order valence-corrected chi connectivity index (χ3v) is 2.13. The number of allylic oxidation sites excluding steroid dienone is 1. The topological polar surface area (TPSA) is 94.8 Å². The molecule has 5 heteroatoms. The Bertz CT molecular complexity index is 351. The molecule has 0 amide bonds. The van der Waals surface area contributed by atoms with Crippen molar-refractivity contribution in [3.63, 3.8) is 0 Å². The van der Waals surface area contributed by atoms with Crippen LogP contribution in [0.1, 0.15) is 12.8 Å². The van der Waals surface area contributed by atoms with Gasteiger partial charge in [-0.2, -0.15) is 0 Å². The molecule has 0 fully saturated rings. The first-order chi connectivity index (χ1) is 7.11. The number of Topliss-reactive ketones (excluding diaryl/α,β-unsaturated/α-hetero) is 1. The van der Waals surface area contributed by atoms with Gasteiger partial charge in [-0.05, 0) is 12.5 Å². The minimum Gasteiger partial charge on any atom is -0.504 e. The van der Waals surface area contributed by atoms with Gasteiger partial charge in [0, 0.05) is 30.8 Å². The van der Waals surface area contributed by atoms with Crippen LogP contribution in [0.2, 0.25) is 0 Å². The van der Waals surface area contributed by atoms with E-state index >= 15 is 0 Å². The van der Waals surface area contributed by atoms with E-state index in [1.54, 1.807) is 0 Å². The zero-order valence-electron chi connectivity index (χ0n) is 8.06. The quantitative estimate of drug-likeness (QED) is 0.553. The molecule has 82 valence electrons. The standard InChI is InChI=1S/C10H12O5/c11-3-1-6-5-8(13)10(15)7(2-4-12)9(6)14/h5,11-12,15H,1-4H2. The largest absolute Gasteiger partial charge is 0.504 e. The lowest BCUT2D eigenvalue weighted by atomic mass is 9.91. The highest BCUT2D eigenvalue weighted by Crippen LogP contribution is 2.21. The van der Waals surface area contributed by atoms with E-state index in [1.165, 1.54) is 0 Å². The van der Waals surface area contributed by atoms with E-state index in [0.717, 1.165) is 6.08 Å². The maximum Gasteiger partial charge on any atom is 0.220 e. The lowest BCUT2D eigenvalue weighted by molar-refractivity contribution is -0.118. The Balaban J connectivity index is 3.00. The molecule has 0 spiro atoms. The summed E-state index contributed by atoms with van der Waals surface area (Å²) in [6.07, 6.45) is 1.04.